The van der Waals surface area contributed by atoms with Crippen molar-refractivity contribution in [1.29, 1.82) is 0 Å². The van der Waals surface area contributed by atoms with Gasteiger partial charge in [-0.3, -0.25) is 9.78 Å². The maximum Gasteiger partial charge on any atom is 0.274 e. The van der Waals surface area contributed by atoms with Crippen molar-refractivity contribution in [2.75, 3.05) is 19.7 Å². The van der Waals surface area contributed by atoms with Gasteiger partial charge in [-0.25, -0.2) is 4.98 Å². The zero-order valence-electron chi connectivity index (χ0n) is 12.6. The summed E-state index contributed by atoms with van der Waals surface area (Å²) in [6, 6.07) is 1.15. The van der Waals surface area contributed by atoms with Crippen LogP contribution in [0.3, 0.4) is 0 Å². The number of amides is 1. The molecule has 0 aromatic carbocycles. The van der Waals surface area contributed by atoms with Gasteiger partial charge in [-0.15, -0.1) is 0 Å². The minimum Gasteiger partial charge on any atom is -0.378 e. The van der Waals surface area contributed by atoms with Gasteiger partial charge in [0, 0.05) is 50.1 Å². The largest absolute Gasteiger partial charge is 0.378 e. The van der Waals surface area contributed by atoms with E-state index in [0.29, 0.717) is 23.9 Å². The lowest BCUT2D eigenvalue weighted by Gasteiger charge is -2.43. The van der Waals surface area contributed by atoms with Crippen molar-refractivity contribution in [3.05, 3.63) is 24.3 Å². The average molecular weight is 302 g/mol. The highest BCUT2D eigenvalue weighted by Crippen LogP contribution is 2.39. The number of aromatic nitrogens is 2. The van der Waals surface area contributed by atoms with Gasteiger partial charge in [0.2, 0.25) is 0 Å². The number of carbonyl (C=O) groups excluding carboxylic acids is 1. The molecule has 3 atom stereocenters. The summed E-state index contributed by atoms with van der Waals surface area (Å²) in [5.74, 6) is 0.721. The molecule has 1 amide bonds. The highest BCUT2D eigenvalue weighted by Gasteiger charge is 2.45. The lowest BCUT2D eigenvalue weighted by molar-refractivity contribution is 0.00103. The molecule has 3 aliphatic rings. The molecule has 1 N–H and O–H groups in total. The van der Waals surface area contributed by atoms with Gasteiger partial charge < -0.3 is 15.0 Å². The van der Waals surface area contributed by atoms with Gasteiger partial charge in [0.15, 0.2) is 0 Å². The summed E-state index contributed by atoms with van der Waals surface area (Å²) in [6.07, 6.45) is 9.60. The lowest BCUT2D eigenvalue weighted by Crippen LogP contribution is -2.56. The van der Waals surface area contributed by atoms with Crippen LogP contribution in [0, 0.1) is 5.92 Å². The predicted octanol–water partition coefficient (Wildman–Crippen LogP) is 0.848. The summed E-state index contributed by atoms with van der Waals surface area (Å²) in [5, 5.41) is 3.78. The molecule has 0 radical (unpaired) electrons. The number of rotatable bonds is 3. The van der Waals surface area contributed by atoms with Gasteiger partial charge in [0.05, 0.1) is 12.3 Å². The Morgan fingerprint density at radius 1 is 1.27 bits per heavy atom. The fourth-order valence-electron chi connectivity index (χ4n) is 3.91. The van der Waals surface area contributed by atoms with Crippen LogP contribution in [0.4, 0.5) is 0 Å². The van der Waals surface area contributed by atoms with Crippen molar-refractivity contribution in [1.82, 2.24) is 20.2 Å². The van der Waals surface area contributed by atoms with Crippen molar-refractivity contribution < 1.29 is 9.53 Å². The summed E-state index contributed by atoms with van der Waals surface area (Å²) in [7, 11) is 0. The summed E-state index contributed by atoms with van der Waals surface area (Å²) in [6.45, 7) is 2.52. The Morgan fingerprint density at radius 3 is 2.86 bits per heavy atom. The monoisotopic (exact) mass is 302 g/mol. The van der Waals surface area contributed by atoms with E-state index in [1.165, 1.54) is 6.42 Å². The molecule has 1 aliphatic carbocycles. The molecule has 3 heterocycles. The van der Waals surface area contributed by atoms with E-state index in [2.05, 4.69) is 15.3 Å². The number of nitrogens with zero attached hydrogens (tertiary/aromatic N) is 3. The Balaban J connectivity index is 1.27. The molecule has 1 aromatic heterocycles. The summed E-state index contributed by atoms with van der Waals surface area (Å²) >= 11 is 0. The molecule has 2 aliphatic heterocycles. The predicted molar refractivity (Wildman–Crippen MR) is 80.3 cm³/mol. The van der Waals surface area contributed by atoms with E-state index < -0.39 is 0 Å². The van der Waals surface area contributed by atoms with E-state index in [4.69, 9.17) is 4.74 Å². The number of piperidine rings is 1. The first-order valence-corrected chi connectivity index (χ1v) is 8.24. The Kier molecular flexibility index (Phi) is 3.80. The zero-order chi connectivity index (χ0) is 14.9. The molecule has 6 heteroatoms. The van der Waals surface area contributed by atoms with Gasteiger partial charge in [-0.1, -0.05) is 0 Å². The number of nitrogens with one attached hydrogen (secondary N) is 1. The highest BCUT2D eigenvalue weighted by atomic mass is 16.5. The third-order valence-corrected chi connectivity index (χ3v) is 5.28. The molecular formula is C16H22N4O2. The van der Waals surface area contributed by atoms with Crippen LogP contribution in [0.5, 0.6) is 0 Å². The van der Waals surface area contributed by atoms with Crippen LogP contribution in [0.25, 0.3) is 0 Å². The van der Waals surface area contributed by atoms with E-state index in [-0.39, 0.29) is 5.91 Å². The second-order valence-corrected chi connectivity index (χ2v) is 6.53. The fraction of sp³-hybridized carbons (Fsp3) is 0.688. The van der Waals surface area contributed by atoms with Crippen LogP contribution in [-0.4, -0.2) is 58.7 Å². The maximum atomic E-state index is 12.3. The van der Waals surface area contributed by atoms with Crippen molar-refractivity contribution in [3.8, 4) is 0 Å². The number of carbonyl (C=O) groups is 1. The van der Waals surface area contributed by atoms with E-state index in [0.717, 1.165) is 44.9 Å². The number of hydrogen-bond acceptors (Lipinski definition) is 5. The average Bonchev–Trinajstić information content (AvgIpc) is 2.94. The Bertz CT molecular complexity index is 530. The van der Waals surface area contributed by atoms with Crippen molar-refractivity contribution in [3.63, 3.8) is 0 Å². The standard InChI is InChI=1S/C16H22N4O2/c21-16(14-10-17-4-5-18-14)20-6-1-11(2-7-20)19-13-9-15-12(13)3-8-22-15/h4-5,10-13,15,19H,1-3,6-9H2/t12-,13+,15+/m0/s1. The molecule has 22 heavy (non-hydrogen) atoms. The molecular weight excluding hydrogens is 280 g/mol. The quantitative estimate of drug-likeness (QED) is 0.896. The van der Waals surface area contributed by atoms with Crippen LogP contribution in [-0.2, 0) is 4.74 Å². The minimum atomic E-state index is -0.000508. The van der Waals surface area contributed by atoms with E-state index in [1.54, 1.807) is 18.6 Å². The van der Waals surface area contributed by atoms with Crippen LogP contribution in [0.1, 0.15) is 36.2 Å². The molecule has 0 bridgehead atoms. The minimum absolute atomic E-state index is 0.000508. The molecule has 1 aromatic rings. The van der Waals surface area contributed by atoms with Crippen molar-refractivity contribution in [2.45, 2.75) is 43.9 Å². The molecule has 3 fully saturated rings. The van der Waals surface area contributed by atoms with Gasteiger partial charge >= 0.3 is 0 Å². The summed E-state index contributed by atoms with van der Waals surface area (Å²) in [5.41, 5.74) is 0.443. The SMILES string of the molecule is O=C(c1cnccn1)N1CCC(N[C@@H]2C[C@H]3OCC[C@@H]23)CC1. The van der Waals surface area contributed by atoms with Crippen LogP contribution >= 0.6 is 0 Å². The zero-order valence-corrected chi connectivity index (χ0v) is 12.6. The molecule has 0 spiro atoms. The van der Waals surface area contributed by atoms with Crippen LogP contribution < -0.4 is 5.32 Å². The Labute approximate surface area is 130 Å². The smallest absolute Gasteiger partial charge is 0.274 e. The first-order chi connectivity index (χ1) is 10.8. The Morgan fingerprint density at radius 2 is 2.14 bits per heavy atom. The van der Waals surface area contributed by atoms with Gasteiger partial charge in [-0.05, 0) is 25.7 Å². The molecule has 0 unspecified atom stereocenters. The third kappa shape index (κ3) is 2.61. The normalized spacial score (nSPS) is 31.6. The van der Waals surface area contributed by atoms with Gasteiger partial charge in [0.25, 0.3) is 5.91 Å². The van der Waals surface area contributed by atoms with Crippen LogP contribution in [0.15, 0.2) is 18.6 Å². The second kappa shape index (κ2) is 5.93. The molecule has 6 nitrogen and oxygen atoms in total. The summed E-state index contributed by atoms with van der Waals surface area (Å²) in [4.78, 5) is 22.3. The highest BCUT2D eigenvalue weighted by molar-refractivity contribution is 5.92. The van der Waals surface area contributed by atoms with E-state index in [9.17, 15) is 4.79 Å². The second-order valence-electron chi connectivity index (χ2n) is 6.53. The third-order valence-electron chi connectivity index (χ3n) is 5.28. The molecule has 118 valence electrons. The fourth-order valence-corrected chi connectivity index (χ4v) is 3.91. The first kappa shape index (κ1) is 14.1. The van der Waals surface area contributed by atoms with E-state index >= 15 is 0 Å². The van der Waals surface area contributed by atoms with Crippen LogP contribution in [0.2, 0.25) is 0 Å². The lowest BCUT2D eigenvalue weighted by atomic mass is 9.75. The molecule has 2 saturated heterocycles. The Hall–Kier alpha value is -1.53. The number of likely N-dealkylation sites (tertiary alicyclic amines) is 1. The van der Waals surface area contributed by atoms with Gasteiger partial charge in [-0.2, -0.15) is 0 Å². The maximum absolute atomic E-state index is 12.3. The topological polar surface area (TPSA) is 67.4 Å². The van der Waals surface area contributed by atoms with Gasteiger partial charge in [0.1, 0.15) is 5.69 Å². The molecule has 1 saturated carbocycles. The number of hydrogen-bond donors (Lipinski definition) is 1. The number of fused-ring (bicyclic) bond motifs is 1. The molecule has 4 rings (SSSR count). The number of ether oxygens (including phenoxy) is 1. The first-order valence-electron chi connectivity index (χ1n) is 8.24. The van der Waals surface area contributed by atoms with E-state index in [1.807, 2.05) is 4.90 Å². The van der Waals surface area contributed by atoms with Crippen molar-refractivity contribution >= 4 is 5.91 Å². The summed E-state index contributed by atoms with van der Waals surface area (Å²) < 4.78 is 5.66. The van der Waals surface area contributed by atoms with Crippen molar-refractivity contribution in [2.24, 2.45) is 5.92 Å².